The summed E-state index contributed by atoms with van der Waals surface area (Å²) in [7, 11) is 0. The van der Waals surface area contributed by atoms with Gasteiger partial charge in [0.15, 0.2) is 0 Å². The van der Waals surface area contributed by atoms with Gasteiger partial charge >= 0.3 is 0 Å². The van der Waals surface area contributed by atoms with E-state index in [4.69, 9.17) is 0 Å². The molecule has 2 aromatic carbocycles. The van der Waals surface area contributed by atoms with E-state index < -0.39 is 0 Å². The van der Waals surface area contributed by atoms with Crippen molar-refractivity contribution >= 4 is 17.5 Å². The molecule has 0 radical (unpaired) electrons. The number of amides is 2. The molecule has 5 heteroatoms. The molecule has 0 aliphatic carbocycles. The molecule has 134 valence electrons. The van der Waals surface area contributed by atoms with Crippen LogP contribution in [0.3, 0.4) is 0 Å². The Morgan fingerprint density at radius 2 is 1.88 bits per heavy atom. The summed E-state index contributed by atoms with van der Waals surface area (Å²) in [6.07, 6.45) is 1.61. The van der Waals surface area contributed by atoms with Gasteiger partial charge < -0.3 is 9.80 Å². The normalized spacial score (nSPS) is 22.4. The van der Waals surface area contributed by atoms with Crippen LogP contribution in [0.25, 0.3) is 0 Å². The number of carbonyl (C=O) groups is 2. The van der Waals surface area contributed by atoms with Crippen LogP contribution in [0.4, 0.5) is 10.1 Å². The molecule has 4 nitrogen and oxygen atoms in total. The summed E-state index contributed by atoms with van der Waals surface area (Å²) >= 11 is 0. The van der Waals surface area contributed by atoms with Crippen molar-refractivity contribution in [1.82, 2.24) is 4.90 Å². The predicted octanol–water partition coefficient (Wildman–Crippen LogP) is 3.02. The Morgan fingerprint density at radius 1 is 1.08 bits per heavy atom. The van der Waals surface area contributed by atoms with E-state index in [1.807, 2.05) is 35.2 Å². The highest BCUT2D eigenvalue weighted by atomic mass is 19.1. The minimum absolute atomic E-state index is 0.00737. The molecule has 2 fully saturated rings. The monoisotopic (exact) mass is 352 g/mol. The van der Waals surface area contributed by atoms with Crippen LogP contribution in [0.15, 0.2) is 54.6 Å². The summed E-state index contributed by atoms with van der Waals surface area (Å²) in [5.41, 5.74) is 1.39. The Labute approximate surface area is 152 Å². The maximum atomic E-state index is 13.5. The highest BCUT2D eigenvalue weighted by Crippen LogP contribution is 2.42. The Hall–Kier alpha value is -2.69. The lowest BCUT2D eigenvalue weighted by atomic mass is 9.86. The lowest BCUT2D eigenvalue weighted by Crippen LogP contribution is -2.34. The van der Waals surface area contributed by atoms with Gasteiger partial charge in [-0.3, -0.25) is 9.59 Å². The van der Waals surface area contributed by atoms with Gasteiger partial charge in [-0.15, -0.1) is 0 Å². The molecule has 2 aliphatic heterocycles. The topological polar surface area (TPSA) is 40.6 Å². The Balaban J connectivity index is 1.44. The molecular formula is C21H21FN2O2. The van der Waals surface area contributed by atoms with Crippen LogP contribution in [-0.4, -0.2) is 36.3 Å². The summed E-state index contributed by atoms with van der Waals surface area (Å²) in [5.74, 6) is -0.236. The van der Waals surface area contributed by atoms with E-state index in [9.17, 15) is 14.0 Å². The fourth-order valence-corrected chi connectivity index (χ4v) is 4.08. The maximum Gasteiger partial charge on any atom is 0.227 e. The van der Waals surface area contributed by atoms with Crippen molar-refractivity contribution in [2.45, 2.75) is 19.3 Å². The van der Waals surface area contributed by atoms with Crippen molar-refractivity contribution in [2.75, 3.05) is 24.5 Å². The molecule has 1 atom stereocenters. The van der Waals surface area contributed by atoms with Crippen molar-refractivity contribution < 1.29 is 14.0 Å². The van der Waals surface area contributed by atoms with Crippen LogP contribution in [0.5, 0.6) is 0 Å². The van der Waals surface area contributed by atoms with Crippen molar-refractivity contribution in [3.05, 3.63) is 66.0 Å². The van der Waals surface area contributed by atoms with Gasteiger partial charge in [0.2, 0.25) is 11.8 Å². The van der Waals surface area contributed by atoms with E-state index in [-0.39, 0.29) is 23.0 Å². The summed E-state index contributed by atoms with van der Waals surface area (Å²) in [6.45, 7) is 1.82. The zero-order valence-corrected chi connectivity index (χ0v) is 14.5. The van der Waals surface area contributed by atoms with Gasteiger partial charge in [0.05, 0.1) is 6.42 Å². The second-order valence-corrected chi connectivity index (χ2v) is 7.36. The molecular weight excluding hydrogens is 331 g/mol. The first-order valence-electron chi connectivity index (χ1n) is 8.92. The number of nitrogens with zero attached hydrogens (tertiary/aromatic N) is 2. The van der Waals surface area contributed by atoms with Crippen LogP contribution in [-0.2, 0) is 16.0 Å². The number of rotatable bonds is 3. The van der Waals surface area contributed by atoms with Crippen LogP contribution in [0.2, 0.25) is 0 Å². The molecule has 2 heterocycles. The van der Waals surface area contributed by atoms with E-state index in [2.05, 4.69) is 0 Å². The zero-order chi connectivity index (χ0) is 18.1. The summed E-state index contributed by atoms with van der Waals surface area (Å²) in [4.78, 5) is 28.7. The van der Waals surface area contributed by atoms with Gasteiger partial charge in [0, 0.05) is 37.2 Å². The number of benzene rings is 2. The molecule has 0 bridgehead atoms. The fourth-order valence-electron chi connectivity index (χ4n) is 4.08. The number of anilines is 1. The summed E-state index contributed by atoms with van der Waals surface area (Å²) in [6, 6.07) is 15.8. The largest absolute Gasteiger partial charge is 0.342 e. The summed E-state index contributed by atoms with van der Waals surface area (Å²) in [5, 5.41) is 0. The van der Waals surface area contributed by atoms with Crippen molar-refractivity contribution in [3.63, 3.8) is 0 Å². The third-order valence-corrected chi connectivity index (χ3v) is 5.43. The number of hydrogen-bond donors (Lipinski definition) is 0. The number of carbonyl (C=O) groups excluding carboxylic acids is 2. The van der Waals surface area contributed by atoms with E-state index >= 15 is 0 Å². The smallest absolute Gasteiger partial charge is 0.227 e. The molecule has 1 spiro atoms. The molecule has 0 unspecified atom stereocenters. The molecule has 0 N–H and O–H groups in total. The highest BCUT2D eigenvalue weighted by molar-refractivity contribution is 5.96. The first-order valence-corrected chi connectivity index (χ1v) is 8.92. The molecule has 0 saturated carbocycles. The van der Waals surface area contributed by atoms with E-state index in [0.717, 1.165) is 12.0 Å². The number of hydrogen-bond acceptors (Lipinski definition) is 2. The second kappa shape index (κ2) is 6.56. The van der Waals surface area contributed by atoms with Crippen LogP contribution >= 0.6 is 0 Å². The van der Waals surface area contributed by atoms with Gasteiger partial charge in [0.25, 0.3) is 0 Å². The van der Waals surface area contributed by atoms with Crippen molar-refractivity contribution in [3.8, 4) is 0 Å². The first kappa shape index (κ1) is 16.8. The van der Waals surface area contributed by atoms with Gasteiger partial charge in [-0.2, -0.15) is 0 Å². The molecule has 2 saturated heterocycles. The maximum absolute atomic E-state index is 13.5. The molecule has 2 aromatic rings. The Bertz CT molecular complexity index is 839. The molecule has 2 amide bonds. The van der Waals surface area contributed by atoms with Crippen molar-refractivity contribution in [1.29, 1.82) is 0 Å². The molecule has 0 aromatic heterocycles. The van der Waals surface area contributed by atoms with Crippen LogP contribution in [0, 0.1) is 11.2 Å². The Kier molecular flexibility index (Phi) is 4.23. The van der Waals surface area contributed by atoms with E-state index in [1.165, 1.54) is 12.1 Å². The highest BCUT2D eigenvalue weighted by Gasteiger charge is 2.48. The standard InChI is InChI=1S/C21H21FN2O2/c22-17-7-4-8-18(12-17)24-15-21(13-20(24)26)9-10-23(14-21)19(25)11-16-5-2-1-3-6-16/h1-8,12H,9-11,13-15H2/t21-/m0/s1. The SMILES string of the molecule is O=C(Cc1ccccc1)N1CC[C@]2(CC(=O)N(c3cccc(F)c3)C2)C1. The predicted molar refractivity (Wildman–Crippen MR) is 97.1 cm³/mol. The third kappa shape index (κ3) is 3.21. The number of halogens is 1. The minimum atomic E-state index is -0.345. The minimum Gasteiger partial charge on any atom is -0.342 e. The average molecular weight is 352 g/mol. The van der Waals surface area contributed by atoms with Gasteiger partial charge in [-0.1, -0.05) is 36.4 Å². The average Bonchev–Trinajstić information content (AvgIpc) is 3.19. The second-order valence-electron chi connectivity index (χ2n) is 7.36. The van der Waals surface area contributed by atoms with E-state index in [0.29, 0.717) is 38.2 Å². The molecule has 4 rings (SSSR count). The van der Waals surface area contributed by atoms with E-state index in [1.54, 1.807) is 17.0 Å². The Morgan fingerprint density at radius 3 is 2.65 bits per heavy atom. The summed E-state index contributed by atoms with van der Waals surface area (Å²) < 4.78 is 13.5. The first-order chi connectivity index (χ1) is 12.5. The molecule has 2 aliphatic rings. The van der Waals surface area contributed by atoms with Crippen LogP contribution in [0.1, 0.15) is 18.4 Å². The fraction of sp³-hybridized carbons (Fsp3) is 0.333. The van der Waals surface area contributed by atoms with Crippen LogP contribution < -0.4 is 4.90 Å². The van der Waals surface area contributed by atoms with Gasteiger partial charge in [-0.25, -0.2) is 4.39 Å². The van der Waals surface area contributed by atoms with Gasteiger partial charge in [0.1, 0.15) is 5.82 Å². The van der Waals surface area contributed by atoms with Gasteiger partial charge in [-0.05, 0) is 30.2 Å². The van der Waals surface area contributed by atoms with Crippen molar-refractivity contribution in [2.24, 2.45) is 5.41 Å². The zero-order valence-electron chi connectivity index (χ0n) is 14.5. The quantitative estimate of drug-likeness (QED) is 0.852. The number of likely N-dealkylation sites (tertiary alicyclic amines) is 1. The lowest BCUT2D eigenvalue weighted by Gasteiger charge is -2.24. The third-order valence-electron chi connectivity index (χ3n) is 5.43. The molecule has 26 heavy (non-hydrogen) atoms. The lowest BCUT2D eigenvalue weighted by molar-refractivity contribution is -0.130.